The molecule has 0 unspecified atom stereocenters. The third-order valence-corrected chi connectivity index (χ3v) is 2.03. The number of nitrogens with two attached hydrogens (primary N) is 1. The van der Waals surface area contributed by atoms with Crippen LogP contribution in [0.1, 0.15) is 19.5 Å². The molecule has 0 bridgehead atoms. The first-order chi connectivity index (χ1) is 4.74. The summed E-state index contributed by atoms with van der Waals surface area (Å²) >= 11 is 1.47. The molecule has 1 rings (SSSR count). The zero-order valence-corrected chi connectivity index (χ0v) is 6.90. The van der Waals surface area contributed by atoms with Crippen LogP contribution < -0.4 is 5.73 Å². The number of rotatable bonds is 1. The number of aromatic nitrogens is 1. The van der Waals surface area contributed by atoms with Crippen molar-refractivity contribution in [3.8, 4) is 0 Å². The lowest BCUT2D eigenvalue weighted by Crippen LogP contribution is -1.83. The van der Waals surface area contributed by atoms with Gasteiger partial charge in [0.25, 0.3) is 0 Å². The van der Waals surface area contributed by atoms with Crippen molar-refractivity contribution in [1.29, 1.82) is 0 Å². The molecule has 2 nitrogen and oxygen atoms in total. The fourth-order valence-corrected chi connectivity index (χ4v) is 1.24. The second kappa shape index (κ2) is 2.84. The second-order valence-electron chi connectivity index (χ2n) is 2.04. The zero-order valence-electron chi connectivity index (χ0n) is 6.09. The number of hydrogen-bond donors (Lipinski definition) is 1. The summed E-state index contributed by atoms with van der Waals surface area (Å²) in [5, 5.41) is 2.60. The normalized spacial score (nSPS) is 12.0. The van der Waals surface area contributed by atoms with Crippen molar-refractivity contribution in [2.75, 3.05) is 5.73 Å². The van der Waals surface area contributed by atoms with Gasteiger partial charge in [-0.15, -0.1) is 11.3 Å². The Bertz CT molecular complexity index is 250. The Hall–Kier alpha value is -0.830. The van der Waals surface area contributed by atoms with Crippen molar-refractivity contribution in [3.05, 3.63) is 17.2 Å². The van der Waals surface area contributed by atoms with Gasteiger partial charge < -0.3 is 5.73 Å². The van der Waals surface area contributed by atoms with Crippen LogP contribution in [0.25, 0.3) is 5.57 Å². The van der Waals surface area contributed by atoms with Crippen molar-refractivity contribution in [1.82, 2.24) is 4.98 Å². The highest BCUT2D eigenvalue weighted by Gasteiger charge is 1.97. The minimum Gasteiger partial charge on any atom is -0.375 e. The Kier molecular flexibility index (Phi) is 2.06. The van der Waals surface area contributed by atoms with Crippen LogP contribution in [0.5, 0.6) is 0 Å². The van der Waals surface area contributed by atoms with Gasteiger partial charge in [-0.3, -0.25) is 0 Å². The van der Waals surface area contributed by atoms with E-state index in [2.05, 4.69) is 4.98 Å². The number of allylic oxidation sites excluding steroid dienone is 2. The molecule has 54 valence electrons. The lowest BCUT2D eigenvalue weighted by Gasteiger charge is -1.89. The van der Waals surface area contributed by atoms with Crippen LogP contribution in [-0.4, -0.2) is 4.98 Å². The van der Waals surface area contributed by atoms with Crippen LogP contribution >= 0.6 is 11.3 Å². The molecule has 0 fully saturated rings. The minimum absolute atomic E-state index is 0.635. The van der Waals surface area contributed by atoms with Gasteiger partial charge in [0.15, 0.2) is 5.13 Å². The molecule has 0 saturated heterocycles. The van der Waals surface area contributed by atoms with Crippen molar-refractivity contribution >= 4 is 22.0 Å². The quantitative estimate of drug-likeness (QED) is 0.673. The topological polar surface area (TPSA) is 38.9 Å². The lowest BCUT2D eigenvalue weighted by molar-refractivity contribution is 1.34. The van der Waals surface area contributed by atoms with E-state index in [1.807, 2.05) is 25.3 Å². The molecule has 0 saturated carbocycles. The Balaban J connectivity index is 2.95. The Morgan fingerprint density at radius 3 is 2.90 bits per heavy atom. The summed E-state index contributed by atoms with van der Waals surface area (Å²) in [5.41, 5.74) is 7.62. The summed E-state index contributed by atoms with van der Waals surface area (Å²) in [5.74, 6) is 0. The predicted molar refractivity (Wildman–Crippen MR) is 45.9 cm³/mol. The van der Waals surface area contributed by atoms with E-state index >= 15 is 0 Å². The van der Waals surface area contributed by atoms with Gasteiger partial charge in [-0.1, -0.05) is 6.08 Å². The molecule has 0 aliphatic heterocycles. The van der Waals surface area contributed by atoms with Crippen molar-refractivity contribution in [2.24, 2.45) is 0 Å². The fourth-order valence-electron chi connectivity index (χ4n) is 0.617. The first kappa shape index (κ1) is 7.28. The molecule has 3 heteroatoms. The van der Waals surface area contributed by atoms with Gasteiger partial charge in [0, 0.05) is 5.38 Å². The Labute approximate surface area is 64.4 Å². The molecular weight excluding hydrogens is 144 g/mol. The monoisotopic (exact) mass is 154 g/mol. The summed E-state index contributed by atoms with van der Waals surface area (Å²) in [4.78, 5) is 4.11. The molecule has 0 aliphatic rings. The van der Waals surface area contributed by atoms with Gasteiger partial charge >= 0.3 is 0 Å². The molecule has 2 N–H and O–H groups in total. The van der Waals surface area contributed by atoms with Gasteiger partial charge in [-0.25, -0.2) is 4.98 Å². The third kappa shape index (κ3) is 1.36. The van der Waals surface area contributed by atoms with Crippen LogP contribution in [-0.2, 0) is 0 Å². The van der Waals surface area contributed by atoms with E-state index in [9.17, 15) is 0 Å². The van der Waals surface area contributed by atoms with E-state index in [1.54, 1.807) is 0 Å². The van der Waals surface area contributed by atoms with E-state index < -0.39 is 0 Å². The van der Waals surface area contributed by atoms with E-state index in [4.69, 9.17) is 5.73 Å². The van der Waals surface area contributed by atoms with Crippen LogP contribution in [0, 0.1) is 0 Å². The molecule has 0 amide bonds. The number of hydrogen-bond acceptors (Lipinski definition) is 3. The second-order valence-corrected chi connectivity index (χ2v) is 2.93. The maximum Gasteiger partial charge on any atom is 0.180 e. The highest BCUT2D eigenvalue weighted by Crippen LogP contribution is 2.17. The van der Waals surface area contributed by atoms with E-state index in [-0.39, 0.29) is 0 Å². The molecule has 1 aromatic rings. The SMILES string of the molecule is CC=C(C)c1csc(N)n1. The lowest BCUT2D eigenvalue weighted by atomic mass is 10.2. The van der Waals surface area contributed by atoms with E-state index in [0.29, 0.717) is 5.13 Å². The summed E-state index contributed by atoms with van der Waals surface area (Å²) in [7, 11) is 0. The minimum atomic E-state index is 0.635. The van der Waals surface area contributed by atoms with Crippen LogP contribution in [0.2, 0.25) is 0 Å². The Morgan fingerprint density at radius 2 is 2.50 bits per heavy atom. The van der Waals surface area contributed by atoms with Gasteiger partial charge in [0.2, 0.25) is 0 Å². The van der Waals surface area contributed by atoms with Crippen LogP contribution in [0.15, 0.2) is 11.5 Å². The number of nitrogens with zero attached hydrogens (tertiary/aromatic N) is 1. The Morgan fingerprint density at radius 1 is 1.80 bits per heavy atom. The van der Waals surface area contributed by atoms with Gasteiger partial charge in [0.1, 0.15) is 0 Å². The molecule has 0 spiro atoms. The molecular formula is C7H10N2S. The van der Waals surface area contributed by atoms with Crippen molar-refractivity contribution in [2.45, 2.75) is 13.8 Å². The van der Waals surface area contributed by atoms with Gasteiger partial charge in [0.05, 0.1) is 5.69 Å². The zero-order chi connectivity index (χ0) is 7.56. The maximum atomic E-state index is 5.45. The number of anilines is 1. The molecule has 0 radical (unpaired) electrons. The van der Waals surface area contributed by atoms with Crippen LogP contribution in [0.3, 0.4) is 0 Å². The first-order valence-corrected chi connectivity index (χ1v) is 3.96. The largest absolute Gasteiger partial charge is 0.375 e. The van der Waals surface area contributed by atoms with E-state index in [1.165, 1.54) is 16.9 Å². The smallest absolute Gasteiger partial charge is 0.180 e. The summed E-state index contributed by atoms with van der Waals surface area (Å²) < 4.78 is 0. The highest BCUT2D eigenvalue weighted by atomic mass is 32.1. The maximum absolute atomic E-state index is 5.45. The molecule has 1 aromatic heterocycles. The molecule has 0 aliphatic carbocycles. The van der Waals surface area contributed by atoms with Gasteiger partial charge in [-0.05, 0) is 19.4 Å². The summed E-state index contributed by atoms with van der Waals surface area (Å²) in [6.45, 7) is 4.01. The predicted octanol–water partition coefficient (Wildman–Crippen LogP) is 2.15. The highest BCUT2D eigenvalue weighted by molar-refractivity contribution is 7.13. The average Bonchev–Trinajstić information content (AvgIpc) is 2.34. The van der Waals surface area contributed by atoms with E-state index in [0.717, 1.165) is 5.69 Å². The van der Waals surface area contributed by atoms with Crippen LogP contribution in [0.4, 0.5) is 5.13 Å². The standard InChI is InChI=1S/C7H10N2S/c1-3-5(2)6-4-10-7(8)9-6/h3-4H,1-2H3,(H2,8,9). The molecule has 0 aromatic carbocycles. The summed E-state index contributed by atoms with van der Waals surface area (Å²) in [6.07, 6.45) is 2.02. The first-order valence-electron chi connectivity index (χ1n) is 3.08. The fraction of sp³-hybridized carbons (Fsp3) is 0.286. The summed E-state index contributed by atoms with van der Waals surface area (Å²) in [6, 6.07) is 0. The molecule has 0 atom stereocenters. The van der Waals surface area contributed by atoms with Crippen molar-refractivity contribution in [3.63, 3.8) is 0 Å². The van der Waals surface area contributed by atoms with Crippen molar-refractivity contribution < 1.29 is 0 Å². The van der Waals surface area contributed by atoms with Gasteiger partial charge in [-0.2, -0.15) is 0 Å². The third-order valence-electron chi connectivity index (χ3n) is 1.36. The molecule has 10 heavy (non-hydrogen) atoms. The number of nitrogen functional groups attached to an aromatic ring is 1. The molecule has 1 heterocycles. The number of thiazole rings is 1. The average molecular weight is 154 g/mol.